The van der Waals surface area contributed by atoms with Gasteiger partial charge in [0.15, 0.2) is 0 Å². The molecule has 88 valence electrons. The third kappa shape index (κ3) is 2.28. The van der Waals surface area contributed by atoms with Gasteiger partial charge in [-0.3, -0.25) is 9.69 Å². The van der Waals surface area contributed by atoms with Gasteiger partial charge in [-0.2, -0.15) is 11.3 Å². The molecule has 0 spiro atoms. The molecule has 0 amide bonds. The lowest BCUT2D eigenvalue weighted by Gasteiger charge is -2.43. The zero-order valence-corrected chi connectivity index (χ0v) is 10.5. The maximum absolute atomic E-state index is 11.4. The Morgan fingerprint density at radius 2 is 2.56 bits per heavy atom. The van der Waals surface area contributed by atoms with Crippen LogP contribution < -0.4 is 0 Å². The van der Waals surface area contributed by atoms with Crippen molar-refractivity contribution in [1.29, 1.82) is 0 Å². The predicted octanol–water partition coefficient (Wildman–Crippen LogP) is 1.93. The quantitative estimate of drug-likeness (QED) is 0.752. The Bertz CT molecular complexity index is 350. The number of ether oxygens (including phenoxy) is 1. The van der Waals surface area contributed by atoms with Crippen LogP contribution in [-0.4, -0.2) is 36.6 Å². The van der Waals surface area contributed by atoms with E-state index in [0.717, 1.165) is 19.4 Å². The predicted molar refractivity (Wildman–Crippen MR) is 64.6 cm³/mol. The highest BCUT2D eigenvalue weighted by Gasteiger charge is 2.37. The van der Waals surface area contributed by atoms with Crippen molar-refractivity contribution < 1.29 is 9.53 Å². The van der Waals surface area contributed by atoms with Crippen molar-refractivity contribution in [3.05, 3.63) is 22.4 Å². The van der Waals surface area contributed by atoms with Gasteiger partial charge in [-0.1, -0.05) is 0 Å². The molecule has 1 aromatic heterocycles. The van der Waals surface area contributed by atoms with Crippen molar-refractivity contribution in [2.45, 2.75) is 31.8 Å². The van der Waals surface area contributed by atoms with Gasteiger partial charge in [0, 0.05) is 12.6 Å². The summed E-state index contributed by atoms with van der Waals surface area (Å²) in [6.45, 7) is 3.18. The number of nitrogens with zero attached hydrogens (tertiary/aromatic N) is 1. The molecule has 1 aromatic rings. The molecule has 1 fully saturated rings. The Balaban J connectivity index is 1.90. The van der Waals surface area contributed by atoms with Gasteiger partial charge in [0.05, 0.1) is 7.11 Å². The Morgan fingerprint density at radius 3 is 3.06 bits per heavy atom. The number of thiophene rings is 1. The van der Waals surface area contributed by atoms with Crippen LogP contribution in [0.4, 0.5) is 0 Å². The van der Waals surface area contributed by atoms with Crippen molar-refractivity contribution in [3.8, 4) is 0 Å². The summed E-state index contributed by atoms with van der Waals surface area (Å²) < 4.78 is 4.79. The summed E-state index contributed by atoms with van der Waals surface area (Å²) in [6, 6.07) is 2.54. The first-order chi connectivity index (χ1) is 7.72. The van der Waals surface area contributed by atoms with Crippen molar-refractivity contribution >= 4 is 17.3 Å². The molecule has 1 aliphatic heterocycles. The first kappa shape index (κ1) is 11.6. The van der Waals surface area contributed by atoms with Gasteiger partial charge in [-0.25, -0.2) is 0 Å². The molecule has 0 saturated carbocycles. The van der Waals surface area contributed by atoms with E-state index >= 15 is 0 Å². The number of likely N-dealkylation sites (tertiary alicyclic amines) is 1. The first-order valence-corrected chi connectivity index (χ1v) is 6.51. The van der Waals surface area contributed by atoms with Gasteiger partial charge < -0.3 is 4.74 Å². The molecule has 2 rings (SSSR count). The molecule has 2 atom stereocenters. The third-order valence-corrected chi connectivity index (χ3v) is 3.94. The van der Waals surface area contributed by atoms with Crippen LogP contribution in [0.15, 0.2) is 16.8 Å². The first-order valence-electron chi connectivity index (χ1n) is 5.57. The Hall–Kier alpha value is -0.870. The molecule has 4 heteroatoms. The molecule has 0 aliphatic carbocycles. The van der Waals surface area contributed by atoms with Crippen molar-refractivity contribution in [2.75, 3.05) is 13.7 Å². The van der Waals surface area contributed by atoms with Crippen LogP contribution in [0.3, 0.4) is 0 Å². The molecule has 1 saturated heterocycles. The zero-order chi connectivity index (χ0) is 11.5. The summed E-state index contributed by atoms with van der Waals surface area (Å²) in [5, 5.41) is 4.26. The van der Waals surface area contributed by atoms with E-state index in [4.69, 9.17) is 4.74 Å². The minimum Gasteiger partial charge on any atom is -0.468 e. The highest BCUT2D eigenvalue weighted by atomic mass is 32.1. The lowest BCUT2D eigenvalue weighted by molar-refractivity contribution is -0.153. The maximum Gasteiger partial charge on any atom is 0.323 e. The number of rotatable bonds is 4. The van der Waals surface area contributed by atoms with Crippen LogP contribution in [0, 0.1) is 0 Å². The Morgan fingerprint density at radius 1 is 1.75 bits per heavy atom. The summed E-state index contributed by atoms with van der Waals surface area (Å²) in [7, 11) is 1.46. The van der Waals surface area contributed by atoms with Gasteiger partial charge in [0.25, 0.3) is 0 Å². The van der Waals surface area contributed by atoms with Crippen LogP contribution >= 0.6 is 11.3 Å². The summed E-state index contributed by atoms with van der Waals surface area (Å²) in [4.78, 5) is 13.7. The van der Waals surface area contributed by atoms with Crippen molar-refractivity contribution in [3.63, 3.8) is 0 Å². The smallest absolute Gasteiger partial charge is 0.323 e. The molecule has 2 heterocycles. The number of methoxy groups -OCH3 is 1. The summed E-state index contributed by atoms with van der Waals surface area (Å²) in [5.41, 5.74) is 1.35. The molecule has 0 bridgehead atoms. The maximum atomic E-state index is 11.4. The van der Waals surface area contributed by atoms with Crippen LogP contribution in [0.2, 0.25) is 0 Å². The molecule has 3 nitrogen and oxygen atoms in total. The molecule has 0 N–H and O–H groups in total. The number of carbonyl (C=O) groups is 1. The molecule has 16 heavy (non-hydrogen) atoms. The van der Waals surface area contributed by atoms with E-state index in [2.05, 4.69) is 28.7 Å². The number of hydrogen-bond donors (Lipinski definition) is 0. The normalized spacial score (nSPS) is 22.5. The van der Waals surface area contributed by atoms with Crippen LogP contribution in [0.5, 0.6) is 0 Å². The van der Waals surface area contributed by atoms with E-state index in [-0.39, 0.29) is 12.0 Å². The van der Waals surface area contributed by atoms with E-state index in [0.29, 0.717) is 6.04 Å². The van der Waals surface area contributed by atoms with Gasteiger partial charge in [-0.15, -0.1) is 0 Å². The SMILES string of the molecule is COC(=O)C1CCN1C(C)Cc1ccsc1. The van der Waals surface area contributed by atoms with E-state index in [1.54, 1.807) is 11.3 Å². The number of esters is 1. The highest BCUT2D eigenvalue weighted by molar-refractivity contribution is 7.07. The summed E-state index contributed by atoms with van der Waals surface area (Å²) in [6.07, 6.45) is 1.94. The topological polar surface area (TPSA) is 29.5 Å². The highest BCUT2D eigenvalue weighted by Crippen LogP contribution is 2.24. The standard InChI is InChI=1S/C12H17NO2S/c1-9(7-10-4-6-16-8-10)13-5-3-11(13)12(14)15-2/h4,6,8-9,11H,3,5,7H2,1-2H3. The minimum absolute atomic E-state index is 0.0152. The average Bonchev–Trinajstić information content (AvgIpc) is 2.68. The van der Waals surface area contributed by atoms with Crippen molar-refractivity contribution in [2.24, 2.45) is 0 Å². The molecule has 1 aliphatic rings. The fourth-order valence-electron chi connectivity index (χ4n) is 2.19. The van der Waals surface area contributed by atoms with Gasteiger partial charge in [0.1, 0.15) is 6.04 Å². The Labute approximate surface area is 100 Å². The van der Waals surface area contributed by atoms with E-state index in [9.17, 15) is 4.79 Å². The van der Waals surface area contributed by atoms with Crippen LogP contribution in [0.25, 0.3) is 0 Å². The largest absolute Gasteiger partial charge is 0.468 e. The molecule has 0 radical (unpaired) electrons. The molecule has 2 unspecified atom stereocenters. The lowest BCUT2D eigenvalue weighted by Crippen LogP contribution is -2.56. The fourth-order valence-corrected chi connectivity index (χ4v) is 2.87. The average molecular weight is 239 g/mol. The fraction of sp³-hybridized carbons (Fsp3) is 0.583. The van der Waals surface area contributed by atoms with E-state index in [1.165, 1.54) is 12.7 Å². The second-order valence-electron chi connectivity index (χ2n) is 4.25. The van der Waals surface area contributed by atoms with E-state index < -0.39 is 0 Å². The van der Waals surface area contributed by atoms with Crippen LogP contribution in [0.1, 0.15) is 18.9 Å². The third-order valence-electron chi connectivity index (χ3n) is 3.21. The van der Waals surface area contributed by atoms with Crippen molar-refractivity contribution in [1.82, 2.24) is 4.90 Å². The van der Waals surface area contributed by atoms with Gasteiger partial charge in [0.2, 0.25) is 0 Å². The number of carbonyl (C=O) groups excluding carboxylic acids is 1. The summed E-state index contributed by atoms with van der Waals surface area (Å²) in [5.74, 6) is -0.0941. The van der Waals surface area contributed by atoms with Gasteiger partial charge >= 0.3 is 5.97 Å². The number of hydrogen-bond acceptors (Lipinski definition) is 4. The van der Waals surface area contributed by atoms with Gasteiger partial charge in [-0.05, 0) is 42.2 Å². The molecular formula is C12H17NO2S. The molecule has 0 aromatic carbocycles. The lowest BCUT2D eigenvalue weighted by atomic mass is 9.97. The van der Waals surface area contributed by atoms with E-state index in [1.807, 2.05) is 0 Å². The second kappa shape index (κ2) is 4.97. The zero-order valence-electron chi connectivity index (χ0n) is 9.68. The summed E-state index contributed by atoms with van der Waals surface area (Å²) >= 11 is 1.72. The second-order valence-corrected chi connectivity index (χ2v) is 5.03. The van der Waals surface area contributed by atoms with Crippen LogP contribution in [-0.2, 0) is 16.0 Å². The Kier molecular flexibility index (Phi) is 3.61. The molecular weight excluding hydrogens is 222 g/mol. The monoisotopic (exact) mass is 239 g/mol. The minimum atomic E-state index is -0.0941.